The average molecular weight is 200 g/mol. The second kappa shape index (κ2) is 9.47. The Kier molecular flexibility index (Phi) is 9.42. The molecule has 0 fully saturated rings. The van der Waals surface area contributed by atoms with Crippen LogP contribution >= 0.6 is 0 Å². The Hall–Kier alpha value is -0.0800. The minimum absolute atomic E-state index is 0.716. The van der Waals surface area contributed by atoms with E-state index in [1.807, 2.05) is 0 Å². The number of rotatable bonds is 9. The van der Waals surface area contributed by atoms with Crippen LogP contribution in [0.2, 0.25) is 0 Å². The topological polar surface area (TPSA) is 15.3 Å². The zero-order valence-electron chi connectivity index (χ0n) is 10.5. The number of nitrogens with one attached hydrogen (secondary N) is 1. The van der Waals surface area contributed by atoms with Gasteiger partial charge in [0.1, 0.15) is 0 Å². The van der Waals surface area contributed by atoms with Gasteiger partial charge in [-0.2, -0.15) is 0 Å². The van der Waals surface area contributed by atoms with Crippen molar-refractivity contribution >= 4 is 0 Å². The Bertz CT molecular complexity index is 115. The van der Waals surface area contributed by atoms with Crippen LogP contribution in [0.1, 0.15) is 46.5 Å². The van der Waals surface area contributed by atoms with Crippen molar-refractivity contribution in [3.8, 4) is 0 Å². The minimum Gasteiger partial charge on any atom is -0.315 e. The summed E-state index contributed by atoms with van der Waals surface area (Å²) in [5.74, 6) is 0. The summed E-state index contributed by atoms with van der Waals surface area (Å²) in [5.41, 5.74) is 0. The zero-order chi connectivity index (χ0) is 10.8. The molecule has 14 heavy (non-hydrogen) atoms. The van der Waals surface area contributed by atoms with Gasteiger partial charge >= 0.3 is 0 Å². The molecular formula is C12H28N2. The molecule has 1 unspecified atom stereocenters. The van der Waals surface area contributed by atoms with Crippen LogP contribution in [0.15, 0.2) is 0 Å². The molecule has 0 spiro atoms. The molecule has 2 nitrogen and oxygen atoms in total. The maximum absolute atomic E-state index is 3.50. The molecule has 0 saturated carbocycles. The van der Waals surface area contributed by atoms with Crippen LogP contribution < -0.4 is 5.32 Å². The Morgan fingerprint density at radius 3 is 2.36 bits per heavy atom. The van der Waals surface area contributed by atoms with Gasteiger partial charge in [0.05, 0.1) is 0 Å². The first-order chi connectivity index (χ1) is 6.76. The van der Waals surface area contributed by atoms with Crippen LogP contribution in [0, 0.1) is 0 Å². The van der Waals surface area contributed by atoms with Gasteiger partial charge in [-0.25, -0.2) is 0 Å². The Morgan fingerprint density at radius 2 is 1.86 bits per heavy atom. The summed E-state index contributed by atoms with van der Waals surface area (Å²) in [6, 6.07) is 0.716. The van der Waals surface area contributed by atoms with Crippen molar-refractivity contribution in [2.24, 2.45) is 0 Å². The van der Waals surface area contributed by atoms with E-state index >= 15 is 0 Å². The molecule has 0 saturated heterocycles. The molecule has 0 aliphatic heterocycles. The quantitative estimate of drug-likeness (QED) is 0.575. The van der Waals surface area contributed by atoms with Gasteiger partial charge < -0.3 is 10.2 Å². The van der Waals surface area contributed by atoms with Gasteiger partial charge in [-0.3, -0.25) is 0 Å². The van der Waals surface area contributed by atoms with E-state index in [-0.39, 0.29) is 0 Å². The van der Waals surface area contributed by atoms with E-state index in [9.17, 15) is 0 Å². The number of nitrogens with zero attached hydrogens (tertiary/aromatic N) is 1. The van der Waals surface area contributed by atoms with Gasteiger partial charge in [0.25, 0.3) is 0 Å². The lowest BCUT2D eigenvalue weighted by Gasteiger charge is -2.27. The van der Waals surface area contributed by atoms with Crippen molar-refractivity contribution in [1.82, 2.24) is 10.2 Å². The van der Waals surface area contributed by atoms with Crippen LogP contribution in [0.4, 0.5) is 0 Å². The molecule has 0 amide bonds. The third kappa shape index (κ3) is 6.39. The van der Waals surface area contributed by atoms with Gasteiger partial charge in [-0.15, -0.1) is 0 Å². The van der Waals surface area contributed by atoms with Crippen LogP contribution in [0.25, 0.3) is 0 Å². The van der Waals surface area contributed by atoms with Crippen LogP contribution in [0.3, 0.4) is 0 Å². The van der Waals surface area contributed by atoms with Gasteiger partial charge in [-0.1, -0.05) is 27.2 Å². The first kappa shape index (κ1) is 13.9. The molecule has 86 valence electrons. The van der Waals surface area contributed by atoms with Gasteiger partial charge in [-0.05, 0) is 39.4 Å². The molecule has 2 heteroatoms. The lowest BCUT2D eigenvalue weighted by Crippen LogP contribution is -2.40. The van der Waals surface area contributed by atoms with E-state index in [4.69, 9.17) is 0 Å². The fourth-order valence-electron chi connectivity index (χ4n) is 1.65. The molecule has 0 aliphatic rings. The third-order valence-corrected chi connectivity index (χ3v) is 2.77. The van der Waals surface area contributed by atoms with Crippen LogP contribution in [-0.2, 0) is 0 Å². The summed E-state index contributed by atoms with van der Waals surface area (Å²) in [6.45, 7) is 10.3. The monoisotopic (exact) mass is 200 g/mol. The van der Waals surface area contributed by atoms with Crippen LogP contribution in [0.5, 0.6) is 0 Å². The molecule has 0 bridgehead atoms. The van der Waals surface area contributed by atoms with Crippen molar-refractivity contribution in [3.63, 3.8) is 0 Å². The lowest BCUT2D eigenvalue weighted by molar-refractivity contribution is 0.226. The SMILES string of the molecule is CCCCN(C)C(CC)CNCCC. The van der Waals surface area contributed by atoms with Gasteiger partial charge in [0.2, 0.25) is 0 Å². The van der Waals surface area contributed by atoms with Crippen molar-refractivity contribution in [3.05, 3.63) is 0 Å². The van der Waals surface area contributed by atoms with E-state index in [1.165, 1.54) is 32.2 Å². The highest BCUT2D eigenvalue weighted by Gasteiger charge is 2.10. The van der Waals surface area contributed by atoms with E-state index in [1.54, 1.807) is 0 Å². The van der Waals surface area contributed by atoms with Crippen molar-refractivity contribution in [2.45, 2.75) is 52.5 Å². The molecule has 0 rings (SSSR count). The summed E-state index contributed by atoms with van der Waals surface area (Å²) < 4.78 is 0. The van der Waals surface area contributed by atoms with E-state index in [0.717, 1.165) is 13.1 Å². The standard InChI is InChI=1S/C12H28N2/c1-5-8-10-14(4)12(7-3)11-13-9-6-2/h12-13H,5-11H2,1-4H3. The second-order valence-corrected chi connectivity index (χ2v) is 4.10. The first-order valence-corrected chi connectivity index (χ1v) is 6.17. The summed E-state index contributed by atoms with van der Waals surface area (Å²) in [4.78, 5) is 2.49. The average Bonchev–Trinajstić information content (AvgIpc) is 2.21. The molecule has 0 aromatic rings. The zero-order valence-corrected chi connectivity index (χ0v) is 10.5. The maximum atomic E-state index is 3.50. The predicted molar refractivity (Wildman–Crippen MR) is 64.8 cm³/mol. The van der Waals surface area contributed by atoms with E-state index in [0.29, 0.717) is 6.04 Å². The molecule has 0 aromatic carbocycles. The molecule has 1 N–H and O–H groups in total. The summed E-state index contributed by atoms with van der Waals surface area (Å²) in [7, 11) is 2.25. The van der Waals surface area contributed by atoms with E-state index < -0.39 is 0 Å². The Morgan fingerprint density at radius 1 is 1.14 bits per heavy atom. The molecule has 0 aromatic heterocycles. The van der Waals surface area contributed by atoms with Crippen molar-refractivity contribution in [2.75, 3.05) is 26.7 Å². The summed E-state index contributed by atoms with van der Waals surface area (Å²) in [5, 5.41) is 3.50. The number of likely N-dealkylation sites (N-methyl/N-ethyl adjacent to an activating group) is 1. The highest BCUT2D eigenvalue weighted by molar-refractivity contribution is 4.69. The molecule has 1 atom stereocenters. The Balaban J connectivity index is 3.62. The van der Waals surface area contributed by atoms with Crippen molar-refractivity contribution < 1.29 is 0 Å². The predicted octanol–water partition coefficient (Wildman–Crippen LogP) is 2.50. The molecule has 0 aliphatic carbocycles. The number of hydrogen-bond donors (Lipinski definition) is 1. The fourth-order valence-corrected chi connectivity index (χ4v) is 1.65. The van der Waals surface area contributed by atoms with Gasteiger partial charge in [0, 0.05) is 12.6 Å². The highest BCUT2D eigenvalue weighted by Crippen LogP contribution is 2.02. The largest absolute Gasteiger partial charge is 0.315 e. The molecule has 0 radical (unpaired) electrons. The second-order valence-electron chi connectivity index (χ2n) is 4.10. The molecular weight excluding hydrogens is 172 g/mol. The van der Waals surface area contributed by atoms with Gasteiger partial charge in [0.15, 0.2) is 0 Å². The first-order valence-electron chi connectivity index (χ1n) is 6.17. The Labute approximate surface area is 90.1 Å². The van der Waals surface area contributed by atoms with E-state index in [2.05, 4.69) is 38.0 Å². The number of unbranched alkanes of at least 4 members (excludes halogenated alkanes) is 1. The highest BCUT2D eigenvalue weighted by atomic mass is 15.1. The molecule has 0 heterocycles. The smallest absolute Gasteiger partial charge is 0.0214 e. The summed E-state index contributed by atoms with van der Waals surface area (Å²) in [6.07, 6.45) is 5.09. The van der Waals surface area contributed by atoms with Crippen LogP contribution in [-0.4, -0.2) is 37.6 Å². The third-order valence-electron chi connectivity index (χ3n) is 2.77. The summed E-state index contributed by atoms with van der Waals surface area (Å²) >= 11 is 0. The van der Waals surface area contributed by atoms with Crippen molar-refractivity contribution in [1.29, 1.82) is 0 Å². The number of hydrogen-bond acceptors (Lipinski definition) is 2. The maximum Gasteiger partial charge on any atom is 0.0214 e. The lowest BCUT2D eigenvalue weighted by atomic mass is 10.2. The fraction of sp³-hybridized carbons (Fsp3) is 1.00. The minimum atomic E-state index is 0.716. The normalized spacial score (nSPS) is 13.5.